The molecule has 36 heavy (non-hydrogen) atoms. The number of hydrogen-bond donors (Lipinski definition) is 1. The molecule has 186 valence electrons. The molecule has 3 aromatic rings. The van der Waals surface area contributed by atoms with Crippen LogP contribution >= 0.6 is 12.2 Å². The number of pyridine rings is 1. The molecular formula is C27H27N3O5S. The average molecular weight is 506 g/mol. The highest BCUT2D eigenvalue weighted by Gasteiger charge is 2.21. The second-order valence-corrected chi connectivity index (χ2v) is 8.55. The van der Waals surface area contributed by atoms with Gasteiger partial charge in [0, 0.05) is 37.6 Å². The van der Waals surface area contributed by atoms with E-state index in [1.54, 1.807) is 66.3 Å². The van der Waals surface area contributed by atoms with Crippen LogP contribution in [0.5, 0.6) is 11.5 Å². The molecule has 1 aliphatic rings. The van der Waals surface area contributed by atoms with E-state index in [0.29, 0.717) is 48.1 Å². The van der Waals surface area contributed by atoms with Crippen LogP contribution in [0.2, 0.25) is 0 Å². The lowest BCUT2D eigenvalue weighted by Crippen LogP contribution is -2.40. The smallest absolute Gasteiger partial charge is 0.338 e. The van der Waals surface area contributed by atoms with Crippen LogP contribution in [-0.2, 0) is 4.74 Å². The van der Waals surface area contributed by atoms with Gasteiger partial charge in [-0.1, -0.05) is 18.3 Å². The third-order valence-electron chi connectivity index (χ3n) is 5.47. The Bertz CT molecular complexity index is 1290. The van der Waals surface area contributed by atoms with Crippen molar-refractivity contribution >= 4 is 46.0 Å². The first-order valence-corrected chi connectivity index (χ1v) is 11.9. The summed E-state index contributed by atoms with van der Waals surface area (Å²) in [6.07, 6.45) is 3.58. The van der Waals surface area contributed by atoms with Crippen molar-refractivity contribution in [3.05, 3.63) is 78.1 Å². The molecule has 1 aromatic heterocycles. The van der Waals surface area contributed by atoms with Crippen molar-refractivity contribution in [1.29, 1.82) is 0 Å². The fourth-order valence-corrected chi connectivity index (χ4v) is 3.94. The summed E-state index contributed by atoms with van der Waals surface area (Å²) in [7, 11) is 3.88. The molecule has 0 atom stereocenters. The lowest BCUT2D eigenvalue weighted by Gasteiger charge is -2.21. The van der Waals surface area contributed by atoms with Gasteiger partial charge in [0.1, 0.15) is 13.2 Å². The maximum atomic E-state index is 13.7. The summed E-state index contributed by atoms with van der Waals surface area (Å²) in [4.78, 5) is 14.1. The van der Waals surface area contributed by atoms with Gasteiger partial charge in [0.15, 0.2) is 28.9 Å². The maximum absolute atomic E-state index is 13.7. The van der Waals surface area contributed by atoms with E-state index in [1.165, 1.54) is 0 Å². The van der Waals surface area contributed by atoms with Crippen LogP contribution in [0, 0.1) is 0 Å². The van der Waals surface area contributed by atoms with E-state index in [1.807, 2.05) is 31.1 Å². The number of esters is 1. The highest BCUT2D eigenvalue weighted by Crippen LogP contribution is 2.32. The standard InChI is InChI=1S/C27H27N3O5S/c1-4-33-27(32)18-5-8-20(9-6-18)28-26(36)24(30-13-11-21(12-14-30)29(2)3)25(31)19-7-10-22-23(17-19)35-16-15-34-22/h5-14,17H,4,15-16H2,1-3H3,(H-,28,31,32,36). The van der Waals surface area contributed by atoms with E-state index >= 15 is 0 Å². The van der Waals surface area contributed by atoms with Crippen molar-refractivity contribution in [3.63, 3.8) is 0 Å². The Morgan fingerprint density at radius 2 is 1.67 bits per heavy atom. The fraction of sp³-hybridized carbons (Fsp3) is 0.222. The highest BCUT2D eigenvalue weighted by atomic mass is 32.1. The minimum Gasteiger partial charge on any atom is -0.867 e. The summed E-state index contributed by atoms with van der Waals surface area (Å²) in [5, 5.41) is 16.9. The average Bonchev–Trinajstić information content (AvgIpc) is 2.89. The number of carbonyl (C=O) groups is 1. The number of fused-ring (bicyclic) bond motifs is 1. The molecule has 0 bridgehead atoms. The highest BCUT2D eigenvalue weighted by molar-refractivity contribution is 7.81. The molecule has 0 unspecified atom stereocenters. The number of carbonyl (C=O) groups excluding carboxylic acids is 1. The summed E-state index contributed by atoms with van der Waals surface area (Å²) in [6, 6.07) is 15.6. The van der Waals surface area contributed by atoms with E-state index in [-0.39, 0.29) is 16.4 Å². The van der Waals surface area contributed by atoms with Crippen molar-refractivity contribution in [2.45, 2.75) is 6.92 Å². The maximum Gasteiger partial charge on any atom is 0.338 e. The van der Waals surface area contributed by atoms with E-state index in [9.17, 15) is 9.90 Å². The minimum absolute atomic E-state index is 0.223. The quantitative estimate of drug-likeness (QED) is 0.172. The summed E-state index contributed by atoms with van der Waals surface area (Å²) in [5.74, 6) is 0.442. The SMILES string of the molecule is CCOC(=O)c1ccc(NC(=S)C(=C([O-])c2ccc3c(c2)OCCO3)[n+]2ccc(N(C)C)cc2)cc1. The van der Waals surface area contributed by atoms with Gasteiger partial charge in [-0.15, -0.1) is 0 Å². The fourth-order valence-electron chi connectivity index (χ4n) is 3.62. The third-order valence-corrected chi connectivity index (χ3v) is 5.77. The molecule has 1 aliphatic heterocycles. The predicted octanol–water partition coefficient (Wildman–Crippen LogP) is 3.11. The van der Waals surface area contributed by atoms with Crippen molar-refractivity contribution in [3.8, 4) is 11.5 Å². The second kappa shape index (κ2) is 11.1. The van der Waals surface area contributed by atoms with Gasteiger partial charge in [-0.25, -0.2) is 4.79 Å². The molecule has 0 amide bonds. The Hall–Kier alpha value is -4.11. The van der Waals surface area contributed by atoms with Crippen molar-refractivity contribution in [2.75, 3.05) is 44.1 Å². The third kappa shape index (κ3) is 5.58. The van der Waals surface area contributed by atoms with Gasteiger partial charge >= 0.3 is 5.97 Å². The molecule has 1 N–H and O–H groups in total. The van der Waals surface area contributed by atoms with Crippen molar-refractivity contribution in [1.82, 2.24) is 0 Å². The summed E-state index contributed by atoms with van der Waals surface area (Å²) < 4.78 is 18.0. The Morgan fingerprint density at radius 1 is 1.03 bits per heavy atom. The molecule has 2 heterocycles. The summed E-state index contributed by atoms with van der Waals surface area (Å²) in [5.41, 5.74) is 2.72. The van der Waals surface area contributed by atoms with Gasteiger partial charge < -0.3 is 29.5 Å². The van der Waals surface area contributed by atoms with Crippen LogP contribution < -0.4 is 29.4 Å². The molecule has 2 aromatic carbocycles. The van der Waals surface area contributed by atoms with Crippen LogP contribution in [0.15, 0.2) is 67.0 Å². The van der Waals surface area contributed by atoms with Gasteiger partial charge in [-0.3, -0.25) is 0 Å². The van der Waals surface area contributed by atoms with E-state index in [0.717, 1.165) is 5.69 Å². The van der Waals surface area contributed by atoms with Gasteiger partial charge in [-0.05, 0) is 54.6 Å². The summed E-state index contributed by atoms with van der Waals surface area (Å²) >= 11 is 5.70. The number of rotatable bonds is 7. The topological polar surface area (TPSA) is 87.0 Å². The van der Waals surface area contributed by atoms with Crippen LogP contribution in [0.1, 0.15) is 22.8 Å². The largest absolute Gasteiger partial charge is 0.867 e. The zero-order valence-electron chi connectivity index (χ0n) is 20.3. The first-order valence-electron chi connectivity index (χ1n) is 11.5. The first-order chi connectivity index (χ1) is 17.4. The number of thiocarbonyl (C=S) groups is 1. The molecule has 0 saturated carbocycles. The van der Waals surface area contributed by atoms with Crippen LogP contribution in [0.4, 0.5) is 11.4 Å². The minimum atomic E-state index is -0.399. The van der Waals surface area contributed by atoms with E-state index in [4.69, 9.17) is 26.4 Å². The lowest BCUT2D eigenvalue weighted by molar-refractivity contribution is -0.577. The van der Waals surface area contributed by atoms with Gasteiger partial charge in [0.2, 0.25) is 5.70 Å². The Kier molecular flexibility index (Phi) is 7.70. The summed E-state index contributed by atoms with van der Waals surface area (Å²) in [6.45, 7) is 2.94. The van der Waals surface area contributed by atoms with Gasteiger partial charge in [0.25, 0.3) is 0 Å². The Labute approximate surface area is 215 Å². The number of nitrogens with one attached hydrogen (secondary N) is 1. The van der Waals surface area contributed by atoms with Gasteiger partial charge in [0.05, 0.1) is 12.2 Å². The molecule has 0 radical (unpaired) electrons. The monoisotopic (exact) mass is 505 g/mol. The molecule has 0 saturated heterocycles. The Balaban J connectivity index is 1.70. The molecule has 0 fully saturated rings. The molecular weight excluding hydrogens is 478 g/mol. The first kappa shape index (κ1) is 25.0. The number of nitrogens with zero attached hydrogens (tertiary/aromatic N) is 2. The molecule has 0 spiro atoms. The van der Waals surface area contributed by atoms with Crippen molar-refractivity contribution < 1.29 is 28.7 Å². The molecule has 9 heteroatoms. The Morgan fingerprint density at radius 3 is 2.31 bits per heavy atom. The lowest BCUT2D eigenvalue weighted by atomic mass is 10.1. The normalized spacial score (nSPS) is 12.9. The van der Waals surface area contributed by atoms with E-state index < -0.39 is 5.97 Å². The number of benzene rings is 2. The predicted molar refractivity (Wildman–Crippen MR) is 140 cm³/mol. The number of aromatic nitrogens is 1. The zero-order chi connectivity index (χ0) is 25.7. The molecule has 0 aliphatic carbocycles. The van der Waals surface area contributed by atoms with Gasteiger partial charge in [-0.2, -0.15) is 4.57 Å². The number of anilines is 2. The molecule has 8 nitrogen and oxygen atoms in total. The van der Waals surface area contributed by atoms with Crippen molar-refractivity contribution in [2.24, 2.45) is 0 Å². The molecule has 4 rings (SSSR count). The van der Waals surface area contributed by atoms with E-state index in [2.05, 4.69) is 5.32 Å². The number of hydrogen-bond acceptors (Lipinski definition) is 7. The second-order valence-electron chi connectivity index (χ2n) is 8.15. The van der Waals surface area contributed by atoms with Crippen LogP contribution in [0.25, 0.3) is 11.5 Å². The zero-order valence-corrected chi connectivity index (χ0v) is 21.1. The van der Waals surface area contributed by atoms with Crippen LogP contribution in [-0.4, -0.2) is 44.9 Å². The van der Waals surface area contributed by atoms with Crippen LogP contribution in [0.3, 0.4) is 0 Å². The number of ether oxygens (including phenoxy) is 3.